The normalized spacial score (nSPS) is 15.6. The Morgan fingerprint density at radius 2 is 2.08 bits per heavy atom. The minimum Gasteiger partial charge on any atom is -0.302 e. The minimum absolute atomic E-state index is 0.304. The second-order valence-corrected chi connectivity index (χ2v) is 3.65. The van der Waals surface area contributed by atoms with Crippen molar-refractivity contribution in [2.24, 2.45) is 5.41 Å². The molecule has 0 aromatic carbocycles. The van der Waals surface area contributed by atoms with E-state index in [1.165, 1.54) is 0 Å². The molecule has 74 valence electrons. The first-order valence-corrected chi connectivity index (χ1v) is 4.88. The molecule has 0 fully saturated rings. The summed E-state index contributed by atoms with van der Waals surface area (Å²) in [5.74, 6) is 0. The molecule has 0 aliphatic carbocycles. The van der Waals surface area contributed by atoms with Gasteiger partial charge in [-0.15, -0.1) is 6.58 Å². The zero-order chi connectivity index (χ0) is 10.3. The van der Waals surface area contributed by atoms with Crippen molar-refractivity contribution >= 4 is 6.29 Å². The number of carbonyl (C=O) groups excluding carboxylic acids is 1. The van der Waals surface area contributed by atoms with Crippen LogP contribution < -0.4 is 0 Å². The van der Waals surface area contributed by atoms with E-state index >= 15 is 0 Å². The number of hydrogen-bond acceptors (Lipinski definition) is 1. The van der Waals surface area contributed by atoms with Gasteiger partial charge in [0.1, 0.15) is 6.29 Å². The summed E-state index contributed by atoms with van der Waals surface area (Å²) in [5, 5.41) is 0. The summed E-state index contributed by atoms with van der Waals surface area (Å²) >= 11 is 0. The summed E-state index contributed by atoms with van der Waals surface area (Å²) < 4.78 is 0. The molecular weight excluding hydrogens is 160 g/mol. The molecule has 0 aliphatic heterocycles. The molecule has 0 aliphatic rings. The molecule has 13 heavy (non-hydrogen) atoms. The molecule has 1 nitrogen and oxygen atoms in total. The minimum atomic E-state index is -0.304. The van der Waals surface area contributed by atoms with Gasteiger partial charge in [0.2, 0.25) is 0 Å². The molecule has 0 rings (SSSR count). The van der Waals surface area contributed by atoms with Gasteiger partial charge in [0.05, 0.1) is 0 Å². The van der Waals surface area contributed by atoms with Crippen molar-refractivity contribution < 1.29 is 4.79 Å². The van der Waals surface area contributed by atoms with Crippen LogP contribution in [-0.2, 0) is 4.79 Å². The van der Waals surface area contributed by atoms with Gasteiger partial charge in [0.25, 0.3) is 0 Å². The Morgan fingerprint density at radius 3 is 2.38 bits per heavy atom. The topological polar surface area (TPSA) is 17.1 Å². The Labute approximate surface area is 81.5 Å². The monoisotopic (exact) mass is 180 g/mol. The van der Waals surface area contributed by atoms with Crippen LogP contribution in [0.4, 0.5) is 0 Å². The van der Waals surface area contributed by atoms with E-state index in [9.17, 15) is 4.79 Å². The Morgan fingerprint density at radius 1 is 1.46 bits per heavy atom. The van der Waals surface area contributed by atoms with Gasteiger partial charge in [-0.3, -0.25) is 0 Å². The lowest BCUT2D eigenvalue weighted by Crippen LogP contribution is -2.18. The van der Waals surface area contributed by atoms with E-state index in [1.54, 1.807) is 0 Å². The van der Waals surface area contributed by atoms with Crippen molar-refractivity contribution in [3.63, 3.8) is 0 Å². The maximum Gasteiger partial charge on any atom is 0.130 e. The zero-order valence-electron chi connectivity index (χ0n) is 8.97. The van der Waals surface area contributed by atoms with Crippen molar-refractivity contribution in [2.45, 2.75) is 40.0 Å². The average Bonchev–Trinajstić information content (AvgIpc) is 2.12. The van der Waals surface area contributed by atoms with Gasteiger partial charge >= 0.3 is 0 Å². The highest BCUT2D eigenvalue weighted by molar-refractivity contribution is 5.63. The van der Waals surface area contributed by atoms with Gasteiger partial charge in [-0.2, -0.15) is 0 Å². The fourth-order valence-electron chi connectivity index (χ4n) is 1.38. The van der Waals surface area contributed by atoms with E-state index in [4.69, 9.17) is 0 Å². The zero-order valence-corrected chi connectivity index (χ0v) is 8.97. The van der Waals surface area contributed by atoms with Crippen LogP contribution in [0.25, 0.3) is 0 Å². The van der Waals surface area contributed by atoms with Crippen molar-refractivity contribution in [3.8, 4) is 0 Å². The van der Waals surface area contributed by atoms with E-state index in [-0.39, 0.29) is 5.41 Å². The van der Waals surface area contributed by atoms with Gasteiger partial charge in [-0.25, -0.2) is 0 Å². The average molecular weight is 180 g/mol. The Hall–Kier alpha value is -0.850. The largest absolute Gasteiger partial charge is 0.302 e. The van der Waals surface area contributed by atoms with Crippen LogP contribution in [0.3, 0.4) is 0 Å². The molecule has 0 saturated carbocycles. The van der Waals surface area contributed by atoms with Gasteiger partial charge in [-0.05, 0) is 26.2 Å². The number of carbonyl (C=O) groups is 1. The van der Waals surface area contributed by atoms with Crippen LogP contribution in [0.2, 0.25) is 0 Å². The molecule has 1 heteroatoms. The van der Waals surface area contributed by atoms with E-state index in [2.05, 4.69) is 19.6 Å². The standard InChI is InChI=1S/C12H20O/c1-5-7-8-12(6-2,10-13)9-11(3)4/h7-8,10H,3,5-6,9H2,1-2,4H3. The number of aldehydes is 1. The van der Waals surface area contributed by atoms with E-state index in [1.807, 2.05) is 19.9 Å². The first-order chi connectivity index (χ1) is 6.10. The molecule has 0 aromatic rings. The molecule has 0 saturated heterocycles. The quantitative estimate of drug-likeness (QED) is 0.451. The molecule has 0 spiro atoms. The lowest BCUT2D eigenvalue weighted by molar-refractivity contribution is -0.114. The molecule has 0 aromatic heterocycles. The Balaban J connectivity index is 4.58. The van der Waals surface area contributed by atoms with Crippen molar-refractivity contribution in [2.75, 3.05) is 0 Å². The van der Waals surface area contributed by atoms with Crippen LogP contribution in [0.5, 0.6) is 0 Å². The van der Waals surface area contributed by atoms with E-state index in [0.717, 1.165) is 31.1 Å². The molecule has 0 heterocycles. The van der Waals surface area contributed by atoms with Crippen LogP contribution in [0.1, 0.15) is 40.0 Å². The maximum absolute atomic E-state index is 11.0. The van der Waals surface area contributed by atoms with E-state index < -0.39 is 0 Å². The Kier molecular flexibility index (Phi) is 5.36. The summed E-state index contributed by atoms with van der Waals surface area (Å²) in [6, 6.07) is 0. The lowest BCUT2D eigenvalue weighted by atomic mass is 9.80. The maximum atomic E-state index is 11.0. The lowest BCUT2D eigenvalue weighted by Gasteiger charge is -2.22. The fourth-order valence-corrected chi connectivity index (χ4v) is 1.38. The van der Waals surface area contributed by atoms with Gasteiger partial charge in [-0.1, -0.05) is 31.6 Å². The van der Waals surface area contributed by atoms with Crippen molar-refractivity contribution in [1.29, 1.82) is 0 Å². The molecule has 0 bridgehead atoms. The van der Waals surface area contributed by atoms with Crippen LogP contribution >= 0.6 is 0 Å². The SMILES string of the molecule is C=C(C)CC(C=O)(C=CCC)CC. The number of allylic oxidation sites excluding steroid dienone is 3. The fraction of sp³-hybridized carbons (Fsp3) is 0.583. The second kappa shape index (κ2) is 5.74. The second-order valence-electron chi connectivity index (χ2n) is 3.65. The highest BCUT2D eigenvalue weighted by Crippen LogP contribution is 2.29. The van der Waals surface area contributed by atoms with Gasteiger partial charge in [0.15, 0.2) is 0 Å². The molecule has 0 amide bonds. The van der Waals surface area contributed by atoms with E-state index in [0.29, 0.717) is 0 Å². The van der Waals surface area contributed by atoms with Gasteiger partial charge in [0, 0.05) is 5.41 Å². The third-order valence-electron chi connectivity index (χ3n) is 2.21. The summed E-state index contributed by atoms with van der Waals surface area (Å²) in [4.78, 5) is 11.0. The highest BCUT2D eigenvalue weighted by Gasteiger charge is 2.23. The number of rotatable bonds is 6. The summed E-state index contributed by atoms with van der Waals surface area (Å²) in [6.45, 7) is 9.93. The summed E-state index contributed by atoms with van der Waals surface area (Å²) in [5.41, 5.74) is 0.761. The van der Waals surface area contributed by atoms with Gasteiger partial charge < -0.3 is 4.79 Å². The Bertz CT molecular complexity index is 203. The molecule has 0 N–H and O–H groups in total. The highest BCUT2D eigenvalue weighted by atomic mass is 16.1. The molecule has 1 atom stereocenters. The predicted octanol–water partition coefficient (Wildman–Crippen LogP) is 3.51. The molecule has 1 unspecified atom stereocenters. The van der Waals surface area contributed by atoms with Crippen LogP contribution in [-0.4, -0.2) is 6.29 Å². The number of hydrogen-bond donors (Lipinski definition) is 0. The third kappa shape index (κ3) is 4.07. The third-order valence-corrected chi connectivity index (χ3v) is 2.21. The summed E-state index contributed by atoms with van der Waals surface area (Å²) in [6.07, 6.45) is 7.72. The first kappa shape index (κ1) is 12.2. The molecule has 0 radical (unpaired) electrons. The smallest absolute Gasteiger partial charge is 0.130 e. The van der Waals surface area contributed by atoms with Crippen LogP contribution in [0, 0.1) is 5.41 Å². The summed E-state index contributed by atoms with van der Waals surface area (Å²) in [7, 11) is 0. The van der Waals surface area contributed by atoms with Crippen LogP contribution in [0.15, 0.2) is 24.3 Å². The van der Waals surface area contributed by atoms with Crippen molar-refractivity contribution in [3.05, 3.63) is 24.3 Å². The predicted molar refractivity (Wildman–Crippen MR) is 57.7 cm³/mol. The first-order valence-electron chi connectivity index (χ1n) is 4.88. The van der Waals surface area contributed by atoms with Crippen molar-refractivity contribution in [1.82, 2.24) is 0 Å². The molecular formula is C12H20O.